The van der Waals surface area contributed by atoms with E-state index in [1.54, 1.807) is 29.6 Å². The molecule has 0 bridgehead atoms. The number of alkyl halides is 3. The van der Waals surface area contributed by atoms with Crippen LogP contribution in [0.5, 0.6) is 0 Å². The van der Waals surface area contributed by atoms with Crippen LogP contribution < -0.4 is 0 Å². The number of hydrogen-bond donors (Lipinski definition) is 1. The normalized spacial score (nSPS) is 12.0. The van der Waals surface area contributed by atoms with Gasteiger partial charge in [0.25, 0.3) is 0 Å². The zero-order chi connectivity index (χ0) is 18.5. The lowest BCUT2D eigenvalue weighted by Crippen LogP contribution is -2.10. The van der Waals surface area contributed by atoms with Crippen molar-refractivity contribution >= 4 is 45.7 Å². The van der Waals surface area contributed by atoms with Gasteiger partial charge in [-0.05, 0) is 29.6 Å². The van der Waals surface area contributed by atoms with Crippen molar-refractivity contribution < 1.29 is 13.2 Å². The Morgan fingerprint density at radius 1 is 1.04 bits per heavy atom. The number of H-pyrrole nitrogens is 1. The van der Waals surface area contributed by atoms with Crippen molar-refractivity contribution in [2.75, 3.05) is 0 Å². The van der Waals surface area contributed by atoms with E-state index in [4.69, 9.17) is 23.2 Å². The van der Waals surface area contributed by atoms with Crippen LogP contribution in [0.25, 0.3) is 33.3 Å². The van der Waals surface area contributed by atoms with Crippen LogP contribution in [-0.2, 0) is 6.18 Å². The average Bonchev–Trinajstić information content (AvgIpc) is 3.23. The van der Waals surface area contributed by atoms with E-state index in [1.807, 2.05) is 0 Å². The molecule has 0 unspecified atom stereocenters. The van der Waals surface area contributed by atoms with Gasteiger partial charge in [0.1, 0.15) is 11.3 Å². The van der Waals surface area contributed by atoms with Crippen molar-refractivity contribution in [3.8, 4) is 22.1 Å². The largest absolute Gasteiger partial charge is 0.435 e. The Morgan fingerprint density at radius 2 is 1.85 bits per heavy atom. The summed E-state index contributed by atoms with van der Waals surface area (Å²) in [7, 11) is 0. The molecule has 1 N–H and O–H groups in total. The van der Waals surface area contributed by atoms with Gasteiger partial charge in [-0.2, -0.15) is 13.2 Å². The molecule has 26 heavy (non-hydrogen) atoms. The van der Waals surface area contributed by atoms with Crippen LogP contribution in [-0.4, -0.2) is 19.9 Å². The van der Waals surface area contributed by atoms with Gasteiger partial charge in [-0.25, -0.2) is 15.0 Å². The van der Waals surface area contributed by atoms with E-state index in [0.29, 0.717) is 20.5 Å². The molecule has 0 saturated heterocycles. The summed E-state index contributed by atoms with van der Waals surface area (Å²) >= 11 is 13.3. The second-order valence-electron chi connectivity index (χ2n) is 5.28. The van der Waals surface area contributed by atoms with Crippen LogP contribution in [0.1, 0.15) is 5.69 Å². The molecule has 0 atom stereocenters. The molecule has 3 heterocycles. The van der Waals surface area contributed by atoms with Crippen LogP contribution in [0.3, 0.4) is 0 Å². The molecule has 0 aliphatic carbocycles. The molecule has 0 aliphatic heterocycles. The monoisotopic (exact) mass is 414 g/mol. The Bertz CT molecular complexity index is 1110. The van der Waals surface area contributed by atoms with Crippen molar-refractivity contribution in [2.45, 2.75) is 6.18 Å². The second-order valence-corrected chi connectivity index (χ2v) is 7.07. The number of nitrogens with one attached hydrogen (secondary N) is 1. The van der Waals surface area contributed by atoms with Crippen molar-refractivity contribution in [3.63, 3.8) is 0 Å². The molecule has 4 aromatic rings. The van der Waals surface area contributed by atoms with E-state index in [0.717, 1.165) is 0 Å². The number of hydrogen-bond acceptors (Lipinski definition) is 4. The zero-order valence-electron chi connectivity index (χ0n) is 12.6. The highest BCUT2D eigenvalue weighted by Crippen LogP contribution is 2.36. The predicted octanol–water partition coefficient (Wildman–Crippen LogP) is 6.07. The van der Waals surface area contributed by atoms with Crippen molar-refractivity contribution in [1.29, 1.82) is 0 Å². The number of aromatic amines is 1. The number of imidazole rings is 1. The summed E-state index contributed by atoms with van der Waals surface area (Å²) < 4.78 is 40.5. The Morgan fingerprint density at radius 3 is 2.54 bits per heavy atom. The molecule has 0 spiro atoms. The highest BCUT2D eigenvalue weighted by Gasteiger charge is 2.37. The molecule has 1 aromatic carbocycles. The van der Waals surface area contributed by atoms with Crippen molar-refractivity contribution in [1.82, 2.24) is 19.9 Å². The third kappa shape index (κ3) is 3.04. The zero-order valence-corrected chi connectivity index (χ0v) is 14.9. The molecule has 0 saturated carbocycles. The minimum atomic E-state index is -4.67. The smallest absolute Gasteiger partial charge is 0.335 e. The Hall–Kier alpha value is -2.16. The van der Waals surface area contributed by atoms with E-state index < -0.39 is 11.9 Å². The average molecular weight is 415 g/mol. The first kappa shape index (κ1) is 17.3. The van der Waals surface area contributed by atoms with Gasteiger partial charge in [0.05, 0.1) is 9.90 Å². The Labute approximate surface area is 158 Å². The first-order valence-corrected chi connectivity index (χ1v) is 8.81. The van der Waals surface area contributed by atoms with E-state index >= 15 is 0 Å². The van der Waals surface area contributed by atoms with E-state index in [9.17, 15) is 13.2 Å². The summed E-state index contributed by atoms with van der Waals surface area (Å²) in [6.07, 6.45) is -4.67. The maximum atomic E-state index is 13.5. The van der Waals surface area contributed by atoms with E-state index in [1.165, 1.54) is 17.4 Å². The minimum Gasteiger partial charge on any atom is -0.335 e. The van der Waals surface area contributed by atoms with Crippen LogP contribution in [0.15, 0.2) is 35.7 Å². The molecule has 0 radical (unpaired) electrons. The van der Waals surface area contributed by atoms with Gasteiger partial charge in [0.2, 0.25) is 0 Å². The van der Waals surface area contributed by atoms with Gasteiger partial charge in [-0.3, -0.25) is 0 Å². The third-order valence-corrected chi connectivity index (χ3v) is 4.98. The van der Waals surface area contributed by atoms with Crippen LogP contribution in [0.2, 0.25) is 10.0 Å². The van der Waals surface area contributed by atoms with Crippen molar-refractivity contribution in [2.24, 2.45) is 0 Å². The summed E-state index contributed by atoms with van der Waals surface area (Å²) in [5, 5.41) is 2.41. The maximum absolute atomic E-state index is 13.5. The third-order valence-electron chi connectivity index (χ3n) is 3.54. The number of benzene rings is 1. The highest BCUT2D eigenvalue weighted by molar-refractivity contribution is 7.13. The van der Waals surface area contributed by atoms with Gasteiger partial charge in [0, 0.05) is 10.6 Å². The highest BCUT2D eigenvalue weighted by atomic mass is 35.5. The summed E-state index contributed by atoms with van der Waals surface area (Å²) in [6, 6.07) is 7.99. The predicted molar refractivity (Wildman–Crippen MR) is 95.5 cm³/mol. The number of thiophene rings is 1. The molecule has 0 aliphatic rings. The quantitative estimate of drug-likeness (QED) is 0.432. The van der Waals surface area contributed by atoms with Crippen LogP contribution in [0.4, 0.5) is 13.2 Å². The lowest BCUT2D eigenvalue weighted by Gasteiger charge is -2.07. The number of nitrogens with zero attached hydrogens (tertiary/aromatic N) is 3. The molecule has 4 nitrogen and oxygen atoms in total. The fourth-order valence-electron chi connectivity index (χ4n) is 2.42. The maximum Gasteiger partial charge on any atom is 0.435 e. The fraction of sp³-hybridized carbons (Fsp3) is 0.0625. The first-order chi connectivity index (χ1) is 12.3. The van der Waals surface area contributed by atoms with Gasteiger partial charge in [-0.15, -0.1) is 11.3 Å². The van der Waals surface area contributed by atoms with Crippen LogP contribution in [0, 0.1) is 0 Å². The lowest BCUT2D eigenvalue weighted by atomic mass is 10.2. The van der Waals surface area contributed by atoms with Gasteiger partial charge >= 0.3 is 6.18 Å². The number of halogens is 5. The number of fused-ring (bicyclic) bond motifs is 1. The molecule has 0 fully saturated rings. The van der Waals surface area contributed by atoms with Crippen LogP contribution >= 0.6 is 34.5 Å². The second kappa shape index (κ2) is 6.22. The first-order valence-electron chi connectivity index (χ1n) is 7.17. The molecule has 3 aromatic heterocycles. The standard InChI is InChI=1S/C16H7Cl2F3N4S/c17-7-3-4-9(18)8(6-7)13-22-11-12(16(19,20)21)23-14(25-15(11)24-13)10-2-1-5-26-10/h1-6H,(H,22,23,24,25). The van der Waals surface area contributed by atoms with Gasteiger partial charge in [-0.1, -0.05) is 29.3 Å². The number of aromatic nitrogens is 4. The van der Waals surface area contributed by atoms with Gasteiger partial charge < -0.3 is 4.98 Å². The molecule has 4 rings (SSSR count). The van der Waals surface area contributed by atoms with E-state index in [-0.39, 0.29) is 22.8 Å². The minimum absolute atomic E-state index is 0.0323. The Balaban J connectivity index is 1.98. The molecule has 0 amide bonds. The molecular weight excluding hydrogens is 408 g/mol. The summed E-state index contributed by atoms with van der Waals surface area (Å²) in [5.41, 5.74) is -1.10. The van der Waals surface area contributed by atoms with Gasteiger partial charge in [0.15, 0.2) is 17.2 Å². The molecular formula is C16H7Cl2F3N4S. The molecule has 132 valence electrons. The number of rotatable bonds is 2. The Kier molecular flexibility index (Phi) is 4.13. The SMILES string of the molecule is FC(F)(F)c1nc(-c2cccs2)nc2nc(-c3cc(Cl)ccc3Cl)[nH]c12. The summed E-state index contributed by atoms with van der Waals surface area (Å²) in [4.78, 5) is 15.2. The molecule has 10 heteroatoms. The summed E-state index contributed by atoms with van der Waals surface area (Å²) in [5.74, 6) is 0.102. The summed E-state index contributed by atoms with van der Waals surface area (Å²) in [6.45, 7) is 0. The fourth-order valence-corrected chi connectivity index (χ4v) is 3.46. The topological polar surface area (TPSA) is 54.5 Å². The lowest BCUT2D eigenvalue weighted by molar-refractivity contribution is -0.139. The van der Waals surface area contributed by atoms with Crippen molar-refractivity contribution in [3.05, 3.63) is 51.5 Å². The van der Waals surface area contributed by atoms with E-state index in [2.05, 4.69) is 19.9 Å².